The maximum absolute atomic E-state index is 10.4. The van der Waals surface area contributed by atoms with Crippen molar-refractivity contribution < 1.29 is 19.7 Å². The van der Waals surface area contributed by atoms with Gasteiger partial charge in [0.15, 0.2) is 11.5 Å². The van der Waals surface area contributed by atoms with E-state index in [4.69, 9.17) is 9.47 Å². The van der Waals surface area contributed by atoms with Crippen LogP contribution >= 0.6 is 0 Å². The van der Waals surface area contributed by atoms with E-state index in [-0.39, 0.29) is 23.0 Å². The maximum Gasteiger partial charge on any atom is 0.207 e. The Kier molecular flexibility index (Phi) is 10.2. The van der Waals surface area contributed by atoms with Gasteiger partial charge in [-0.15, -0.1) is 0 Å². The largest absolute Gasteiger partial charge is 0.504 e. The summed E-state index contributed by atoms with van der Waals surface area (Å²) in [4.78, 5) is 0. The van der Waals surface area contributed by atoms with Gasteiger partial charge in [-0.25, -0.2) is 0 Å². The summed E-state index contributed by atoms with van der Waals surface area (Å²) < 4.78 is 10.4. The molecule has 0 atom stereocenters. The predicted molar refractivity (Wildman–Crippen MR) is 103 cm³/mol. The molecular formula is C21H36O4. The minimum absolute atomic E-state index is 0.0548. The van der Waals surface area contributed by atoms with Gasteiger partial charge < -0.3 is 19.7 Å². The van der Waals surface area contributed by atoms with Crippen LogP contribution in [-0.2, 0) is 6.42 Å². The highest BCUT2D eigenvalue weighted by Gasteiger charge is 2.22. The Balaban J connectivity index is 2.41. The van der Waals surface area contributed by atoms with Crippen molar-refractivity contribution in [3.8, 4) is 23.0 Å². The molecular weight excluding hydrogens is 316 g/mol. The van der Waals surface area contributed by atoms with Crippen LogP contribution in [-0.4, -0.2) is 24.4 Å². The van der Waals surface area contributed by atoms with Crippen LogP contribution in [0.25, 0.3) is 0 Å². The number of methoxy groups -OCH3 is 2. The standard InChI is InChI=1S/C21H36O4/c1-5-6-7-8-9-10-11-12-13-14-15-17-16(2)18(22)20(24-3)21(25-4)19(17)23/h22-23H,5-15H2,1-4H3. The number of benzene rings is 1. The number of hydrogen-bond acceptors (Lipinski definition) is 4. The minimum Gasteiger partial charge on any atom is -0.504 e. The number of aromatic hydroxyl groups is 2. The molecule has 144 valence electrons. The van der Waals surface area contributed by atoms with Crippen LogP contribution in [0.5, 0.6) is 23.0 Å². The van der Waals surface area contributed by atoms with Crippen LogP contribution < -0.4 is 9.47 Å². The predicted octanol–water partition coefficient (Wildman–Crippen LogP) is 5.89. The molecule has 1 rings (SSSR count). The van der Waals surface area contributed by atoms with E-state index in [0.29, 0.717) is 5.56 Å². The molecule has 0 bridgehead atoms. The van der Waals surface area contributed by atoms with Crippen LogP contribution in [0.4, 0.5) is 0 Å². The normalized spacial score (nSPS) is 10.9. The van der Waals surface area contributed by atoms with Crippen molar-refractivity contribution in [1.82, 2.24) is 0 Å². The Bertz CT molecular complexity index is 511. The van der Waals surface area contributed by atoms with Gasteiger partial charge in [0.1, 0.15) is 0 Å². The van der Waals surface area contributed by atoms with Gasteiger partial charge in [0.2, 0.25) is 11.5 Å². The highest BCUT2D eigenvalue weighted by Crippen LogP contribution is 2.48. The first kappa shape index (κ1) is 21.5. The second kappa shape index (κ2) is 11.9. The molecule has 0 saturated heterocycles. The molecule has 0 aliphatic rings. The lowest BCUT2D eigenvalue weighted by molar-refractivity contribution is 0.313. The summed E-state index contributed by atoms with van der Waals surface area (Å²) in [6.45, 7) is 4.06. The van der Waals surface area contributed by atoms with E-state index in [2.05, 4.69) is 6.92 Å². The molecule has 0 aliphatic carbocycles. The summed E-state index contributed by atoms with van der Waals surface area (Å²) in [5.41, 5.74) is 1.43. The minimum atomic E-state index is 0.0548. The first-order valence-corrected chi connectivity index (χ1v) is 9.73. The molecule has 1 aromatic carbocycles. The van der Waals surface area contributed by atoms with E-state index in [1.54, 1.807) is 0 Å². The molecule has 4 nitrogen and oxygen atoms in total. The number of unbranched alkanes of at least 4 members (excludes halogenated alkanes) is 9. The van der Waals surface area contributed by atoms with Crippen LogP contribution in [0.2, 0.25) is 0 Å². The quantitative estimate of drug-likeness (QED) is 0.343. The number of rotatable bonds is 13. The Morgan fingerprint density at radius 3 is 1.60 bits per heavy atom. The number of ether oxygens (including phenoxy) is 2. The first-order chi connectivity index (χ1) is 12.1. The van der Waals surface area contributed by atoms with Crippen molar-refractivity contribution in [3.63, 3.8) is 0 Å². The molecule has 0 heterocycles. The SMILES string of the molecule is CCCCCCCCCCCCc1c(C)c(O)c(OC)c(OC)c1O. The summed E-state index contributed by atoms with van der Waals surface area (Å²) in [6.07, 6.45) is 13.5. The lowest BCUT2D eigenvalue weighted by Gasteiger charge is -2.17. The van der Waals surface area contributed by atoms with Gasteiger partial charge in [0, 0.05) is 11.1 Å². The van der Waals surface area contributed by atoms with E-state index in [1.807, 2.05) is 6.92 Å². The third-order valence-electron chi connectivity index (χ3n) is 4.92. The van der Waals surface area contributed by atoms with Crippen molar-refractivity contribution in [1.29, 1.82) is 0 Å². The Morgan fingerprint density at radius 2 is 1.12 bits per heavy atom. The van der Waals surface area contributed by atoms with Gasteiger partial charge in [-0.1, -0.05) is 64.7 Å². The fourth-order valence-corrected chi connectivity index (χ4v) is 3.32. The molecule has 0 aromatic heterocycles. The third kappa shape index (κ3) is 6.33. The van der Waals surface area contributed by atoms with Crippen LogP contribution in [0.3, 0.4) is 0 Å². The zero-order chi connectivity index (χ0) is 18.7. The van der Waals surface area contributed by atoms with Crippen LogP contribution in [0, 0.1) is 6.92 Å². The lowest BCUT2D eigenvalue weighted by Crippen LogP contribution is -1.99. The number of phenols is 2. The van der Waals surface area contributed by atoms with Gasteiger partial charge >= 0.3 is 0 Å². The third-order valence-corrected chi connectivity index (χ3v) is 4.92. The molecule has 0 unspecified atom stereocenters. The number of hydrogen-bond donors (Lipinski definition) is 2. The fourth-order valence-electron chi connectivity index (χ4n) is 3.32. The van der Waals surface area contributed by atoms with E-state index in [1.165, 1.54) is 65.6 Å². The Hall–Kier alpha value is -1.58. The molecule has 0 amide bonds. The maximum atomic E-state index is 10.4. The zero-order valence-corrected chi connectivity index (χ0v) is 16.5. The molecule has 4 heteroatoms. The molecule has 1 aromatic rings. The van der Waals surface area contributed by atoms with Crippen molar-refractivity contribution >= 4 is 0 Å². The second-order valence-electron chi connectivity index (χ2n) is 6.80. The number of phenolic OH excluding ortho intramolecular Hbond substituents is 2. The zero-order valence-electron chi connectivity index (χ0n) is 16.5. The van der Waals surface area contributed by atoms with Gasteiger partial charge in [0.05, 0.1) is 14.2 Å². The summed E-state index contributed by atoms with van der Waals surface area (Å²) >= 11 is 0. The Morgan fingerprint density at radius 1 is 0.680 bits per heavy atom. The smallest absolute Gasteiger partial charge is 0.207 e. The summed E-state index contributed by atoms with van der Waals surface area (Å²) in [6, 6.07) is 0. The highest BCUT2D eigenvalue weighted by atomic mass is 16.5. The monoisotopic (exact) mass is 352 g/mol. The van der Waals surface area contributed by atoms with Crippen molar-refractivity contribution in [3.05, 3.63) is 11.1 Å². The second-order valence-corrected chi connectivity index (χ2v) is 6.80. The molecule has 0 spiro atoms. The summed E-state index contributed by atoms with van der Waals surface area (Å²) in [5, 5.41) is 20.7. The lowest BCUT2D eigenvalue weighted by atomic mass is 9.98. The van der Waals surface area contributed by atoms with E-state index >= 15 is 0 Å². The Labute approximate surface area is 153 Å². The average Bonchev–Trinajstić information content (AvgIpc) is 2.61. The van der Waals surface area contributed by atoms with E-state index in [0.717, 1.165) is 24.8 Å². The molecule has 0 aliphatic heterocycles. The van der Waals surface area contributed by atoms with Gasteiger partial charge in [-0.05, 0) is 19.8 Å². The van der Waals surface area contributed by atoms with Gasteiger partial charge in [-0.3, -0.25) is 0 Å². The molecule has 0 fully saturated rings. The van der Waals surface area contributed by atoms with Crippen molar-refractivity contribution in [2.24, 2.45) is 0 Å². The highest BCUT2D eigenvalue weighted by molar-refractivity contribution is 5.65. The summed E-state index contributed by atoms with van der Waals surface area (Å²) in [7, 11) is 2.93. The van der Waals surface area contributed by atoms with Gasteiger partial charge in [-0.2, -0.15) is 0 Å². The molecule has 0 radical (unpaired) electrons. The molecule has 25 heavy (non-hydrogen) atoms. The van der Waals surface area contributed by atoms with E-state index in [9.17, 15) is 10.2 Å². The fraction of sp³-hybridized carbons (Fsp3) is 0.714. The van der Waals surface area contributed by atoms with Gasteiger partial charge in [0.25, 0.3) is 0 Å². The average molecular weight is 353 g/mol. The topological polar surface area (TPSA) is 58.9 Å². The van der Waals surface area contributed by atoms with Crippen LogP contribution in [0.1, 0.15) is 82.3 Å². The van der Waals surface area contributed by atoms with Crippen molar-refractivity contribution in [2.75, 3.05) is 14.2 Å². The first-order valence-electron chi connectivity index (χ1n) is 9.73. The molecule has 0 saturated carbocycles. The van der Waals surface area contributed by atoms with E-state index < -0.39 is 0 Å². The van der Waals surface area contributed by atoms with Crippen LogP contribution in [0.15, 0.2) is 0 Å². The molecule has 2 N–H and O–H groups in total. The van der Waals surface area contributed by atoms with Crippen molar-refractivity contribution in [2.45, 2.75) is 84.5 Å². The summed E-state index contributed by atoms with van der Waals surface area (Å²) in [5.74, 6) is 0.557.